The van der Waals surface area contributed by atoms with Crippen LogP contribution in [-0.2, 0) is 4.79 Å². The van der Waals surface area contributed by atoms with Gasteiger partial charge in [0.2, 0.25) is 5.91 Å². The third-order valence-electron chi connectivity index (χ3n) is 4.45. The van der Waals surface area contributed by atoms with Crippen LogP contribution >= 0.6 is 12.4 Å². The maximum atomic E-state index is 12.3. The van der Waals surface area contributed by atoms with Gasteiger partial charge in [-0.05, 0) is 43.7 Å². The molecule has 0 bridgehead atoms. The van der Waals surface area contributed by atoms with Crippen molar-refractivity contribution in [1.82, 2.24) is 10.2 Å². The minimum atomic E-state index is 0. The Morgan fingerprint density at radius 2 is 1.85 bits per heavy atom. The fourth-order valence-corrected chi connectivity index (χ4v) is 2.90. The van der Waals surface area contributed by atoms with Crippen molar-refractivity contribution in [3.8, 4) is 5.75 Å². The molecule has 1 N–H and O–H groups in total. The van der Waals surface area contributed by atoms with Gasteiger partial charge in [0.05, 0.1) is 6.61 Å². The van der Waals surface area contributed by atoms with Crippen LogP contribution in [0.25, 0.3) is 0 Å². The lowest BCUT2D eigenvalue weighted by Gasteiger charge is -2.19. The van der Waals surface area contributed by atoms with Gasteiger partial charge in [-0.25, -0.2) is 0 Å². The predicted octanol–water partition coefficient (Wildman–Crippen LogP) is 3.46. The van der Waals surface area contributed by atoms with Crippen LogP contribution < -0.4 is 10.1 Å². The fraction of sp³-hybridized carbons (Fsp3) is 0.600. The van der Waals surface area contributed by atoms with Crippen LogP contribution in [0.1, 0.15) is 55.8 Å². The highest BCUT2D eigenvalue weighted by molar-refractivity contribution is 5.98. The van der Waals surface area contributed by atoms with Gasteiger partial charge in [0.1, 0.15) is 5.75 Å². The van der Waals surface area contributed by atoms with Gasteiger partial charge in [-0.15, -0.1) is 12.4 Å². The highest BCUT2D eigenvalue weighted by atomic mass is 35.5. The minimum absolute atomic E-state index is 0. The number of rotatable bonds is 9. The number of Topliss-reactive ketones (excluding diaryl/α,β-unsaturated/α-hetero) is 1. The molecule has 0 saturated carbocycles. The van der Waals surface area contributed by atoms with Crippen LogP contribution in [0.5, 0.6) is 5.75 Å². The molecule has 6 heteroatoms. The molecule has 0 radical (unpaired) electrons. The predicted molar refractivity (Wildman–Crippen MR) is 106 cm³/mol. The van der Waals surface area contributed by atoms with E-state index in [1.807, 2.05) is 17.0 Å². The molecule has 5 nitrogen and oxygen atoms in total. The van der Waals surface area contributed by atoms with Crippen LogP contribution in [0, 0.1) is 0 Å². The molecule has 1 aromatic carbocycles. The monoisotopic (exact) mass is 382 g/mol. The van der Waals surface area contributed by atoms with Crippen LogP contribution in [0.15, 0.2) is 24.3 Å². The Labute approximate surface area is 162 Å². The van der Waals surface area contributed by atoms with Gasteiger partial charge < -0.3 is 15.0 Å². The van der Waals surface area contributed by atoms with E-state index in [1.165, 1.54) is 6.42 Å². The fourth-order valence-electron chi connectivity index (χ4n) is 2.90. The minimum Gasteiger partial charge on any atom is -0.494 e. The van der Waals surface area contributed by atoms with Crippen molar-refractivity contribution in [2.75, 3.05) is 32.8 Å². The molecule has 0 aliphatic carbocycles. The standard InChI is InChI=1S/C20H30N2O3.ClH/c1-2-3-4-16-25-18-8-6-17(7-9-18)19(23)10-11-20(24)22-14-5-12-21-13-15-22;/h6-9,21H,2-5,10-16H2,1H3;1H. The number of carbonyl (C=O) groups is 2. The lowest BCUT2D eigenvalue weighted by Crippen LogP contribution is -2.34. The Morgan fingerprint density at radius 3 is 2.58 bits per heavy atom. The Hall–Kier alpha value is -1.59. The number of halogens is 1. The Morgan fingerprint density at radius 1 is 1.08 bits per heavy atom. The summed E-state index contributed by atoms with van der Waals surface area (Å²) in [5.41, 5.74) is 0.645. The Balaban J connectivity index is 0.00000338. The van der Waals surface area contributed by atoms with Crippen molar-refractivity contribution in [3.05, 3.63) is 29.8 Å². The first-order chi connectivity index (χ1) is 12.2. The lowest BCUT2D eigenvalue weighted by molar-refractivity contribution is -0.130. The zero-order valence-electron chi connectivity index (χ0n) is 15.7. The molecule has 1 fully saturated rings. The van der Waals surface area contributed by atoms with Crippen molar-refractivity contribution in [1.29, 1.82) is 0 Å². The summed E-state index contributed by atoms with van der Waals surface area (Å²) in [6.07, 6.45) is 4.90. The number of hydrogen-bond donors (Lipinski definition) is 1. The molecule has 0 aromatic heterocycles. The van der Waals surface area contributed by atoms with Crippen molar-refractivity contribution < 1.29 is 14.3 Å². The topological polar surface area (TPSA) is 58.6 Å². The molecule has 1 aliphatic rings. The first-order valence-corrected chi connectivity index (χ1v) is 9.45. The molecule has 0 spiro atoms. The Bertz CT molecular complexity index is 540. The van der Waals surface area contributed by atoms with Gasteiger partial charge in [0.25, 0.3) is 0 Å². The normalized spacial score (nSPS) is 14.3. The summed E-state index contributed by atoms with van der Waals surface area (Å²) in [7, 11) is 0. The number of amides is 1. The lowest BCUT2D eigenvalue weighted by atomic mass is 10.1. The zero-order chi connectivity index (χ0) is 17.9. The maximum absolute atomic E-state index is 12.3. The summed E-state index contributed by atoms with van der Waals surface area (Å²) < 4.78 is 5.65. The van der Waals surface area contributed by atoms with Gasteiger partial charge in [-0.2, -0.15) is 0 Å². The first kappa shape index (κ1) is 22.5. The number of ether oxygens (including phenoxy) is 1. The molecule has 1 amide bonds. The summed E-state index contributed by atoms with van der Waals surface area (Å²) >= 11 is 0. The van der Waals surface area contributed by atoms with E-state index in [9.17, 15) is 9.59 Å². The van der Waals surface area contributed by atoms with Gasteiger partial charge >= 0.3 is 0 Å². The number of benzene rings is 1. The van der Waals surface area contributed by atoms with Crippen molar-refractivity contribution >= 4 is 24.1 Å². The summed E-state index contributed by atoms with van der Waals surface area (Å²) in [4.78, 5) is 26.4. The maximum Gasteiger partial charge on any atom is 0.223 e. The van der Waals surface area contributed by atoms with Gasteiger partial charge in [0, 0.05) is 38.0 Å². The van der Waals surface area contributed by atoms with E-state index in [0.29, 0.717) is 12.2 Å². The molecule has 2 rings (SSSR count). The van der Waals surface area contributed by atoms with E-state index in [2.05, 4.69) is 12.2 Å². The number of unbranched alkanes of at least 4 members (excludes halogenated alkanes) is 2. The van der Waals surface area contributed by atoms with Crippen molar-refractivity contribution in [2.24, 2.45) is 0 Å². The smallest absolute Gasteiger partial charge is 0.223 e. The van der Waals surface area contributed by atoms with Gasteiger partial charge in [-0.3, -0.25) is 9.59 Å². The summed E-state index contributed by atoms with van der Waals surface area (Å²) in [5, 5.41) is 3.28. The van der Waals surface area contributed by atoms with E-state index in [0.717, 1.165) is 51.2 Å². The van der Waals surface area contributed by atoms with Crippen molar-refractivity contribution in [2.45, 2.75) is 45.4 Å². The van der Waals surface area contributed by atoms with E-state index in [1.54, 1.807) is 12.1 Å². The first-order valence-electron chi connectivity index (χ1n) is 9.45. The van der Waals surface area contributed by atoms with Crippen LogP contribution in [-0.4, -0.2) is 49.4 Å². The summed E-state index contributed by atoms with van der Waals surface area (Å²) in [6.45, 7) is 6.17. The molecule has 0 unspecified atom stereocenters. The number of ketones is 1. The van der Waals surface area contributed by atoms with E-state index in [-0.39, 0.29) is 36.9 Å². The summed E-state index contributed by atoms with van der Waals surface area (Å²) in [6, 6.07) is 7.25. The molecule has 26 heavy (non-hydrogen) atoms. The molecular weight excluding hydrogens is 352 g/mol. The third kappa shape index (κ3) is 7.75. The van der Waals surface area contributed by atoms with Crippen LogP contribution in [0.4, 0.5) is 0 Å². The molecule has 1 saturated heterocycles. The van der Waals surface area contributed by atoms with Gasteiger partial charge in [-0.1, -0.05) is 19.8 Å². The average Bonchev–Trinajstić information content (AvgIpc) is 2.93. The molecular formula is C20H31ClN2O3. The van der Waals surface area contributed by atoms with Crippen molar-refractivity contribution in [3.63, 3.8) is 0 Å². The number of hydrogen-bond acceptors (Lipinski definition) is 4. The molecule has 1 aromatic rings. The third-order valence-corrected chi connectivity index (χ3v) is 4.45. The summed E-state index contributed by atoms with van der Waals surface area (Å²) in [5.74, 6) is 0.882. The van der Waals surface area contributed by atoms with E-state index in [4.69, 9.17) is 4.74 Å². The Kier molecular flexibility index (Phi) is 11.0. The second-order valence-electron chi connectivity index (χ2n) is 6.49. The largest absolute Gasteiger partial charge is 0.494 e. The average molecular weight is 383 g/mol. The van der Waals surface area contributed by atoms with Crippen LogP contribution in [0.3, 0.4) is 0 Å². The SMILES string of the molecule is CCCCCOc1ccc(C(=O)CCC(=O)N2CCCNCC2)cc1.Cl. The second-order valence-corrected chi connectivity index (χ2v) is 6.49. The van der Waals surface area contributed by atoms with E-state index < -0.39 is 0 Å². The van der Waals surface area contributed by atoms with E-state index >= 15 is 0 Å². The van der Waals surface area contributed by atoms with Gasteiger partial charge in [0.15, 0.2) is 5.78 Å². The molecule has 1 heterocycles. The molecule has 1 aliphatic heterocycles. The zero-order valence-corrected chi connectivity index (χ0v) is 16.5. The highest BCUT2D eigenvalue weighted by Crippen LogP contribution is 2.15. The number of nitrogens with zero attached hydrogens (tertiary/aromatic N) is 1. The number of nitrogens with one attached hydrogen (secondary N) is 1. The quantitative estimate of drug-likeness (QED) is 0.525. The molecule has 146 valence electrons. The highest BCUT2D eigenvalue weighted by Gasteiger charge is 2.16. The number of carbonyl (C=O) groups excluding carboxylic acids is 2. The molecule has 0 atom stereocenters. The van der Waals surface area contributed by atoms with Crippen LogP contribution in [0.2, 0.25) is 0 Å². The second kappa shape index (κ2) is 12.7.